The molecule has 1 heterocycles. The van der Waals surface area contributed by atoms with Crippen LogP contribution in [0.1, 0.15) is 71.6 Å². The number of furan rings is 1. The highest BCUT2D eigenvalue weighted by Crippen LogP contribution is 2.29. The van der Waals surface area contributed by atoms with Gasteiger partial charge in [-0.1, -0.05) is 57.0 Å². The number of aryl methyl sites for hydroxylation is 1. The van der Waals surface area contributed by atoms with E-state index < -0.39 is 0 Å². The molecule has 0 saturated carbocycles. The van der Waals surface area contributed by atoms with Crippen LogP contribution in [-0.4, -0.2) is 18.2 Å². The number of carbonyl (C=O) groups is 2. The highest BCUT2D eigenvalue weighted by atomic mass is 16.3. The number of benzene rings is 2. The first-order valence-electron chi connectivity index (χ1n) is 10.1. The molecule has 1 aromatic heterocycles. The van der Waals surface area contributed by atoms with E-state index in [1.54, 1.807) is 24.3 Å². The van der Waals surface area contributed by atoms with Crippen molar-refractivity contribution >= 4 is 22.7 Å². The lowest BCUT2D eigenvalue weighted by Gasteiger charge is -2.06. The molecule has 3 aromatic rings. The minimum absolute atomic E-state index is 0.0611. The summed E-state index contributed by atoms with van der Waals surface area (Å²) in [5.74, 6) is 0.577. The van der Waals surface area contributed by atoms with E-state index in [1.165, 1.54) is 0 Å². The van der Waals surface area contributed by atoms with Crippen LogP contribution in [0.25, 0.3) is 11.0 Å². The fourth-order valence-electron chi connectivity index (χ4n) is 3.26. The molecule has 0 bridgehead atoms. The van der Waals surface area contributed by atoms with Crippen molar-refractivity contribution in [2.75, 3.05) is 6.54 Å². The zero-order valence-corrected chi connectivity index (χ0v) is 16.6. The van der Waals surface area contributed by atoms with Gasteiger partial charge in [0.05, 0.1) is 5.56 Å². The number of fused-ring (bicyclic) bond motifs is 1. The van der Waals surface area contributed by atoms with Crippen LogP contribution >= 0.6 is 0 Å². The lowest BCUT2D eigenvalue weighted by molar-refractivity contribution is 0.0951. The van der Waals surface area contributed by atoms with Gasteiger partial charge in [-0.3, -0.25) is 9.59 Å². The molecule has 0 aliphatic carbocycles. The Balaban J connectivity index is 1.86. The van der Waals surface area contributed by atoms with Gasteiger partial charge in [0.1, 0.15) is 11.3 Å². The van der Waals surface area contributed by atoms with Gasteiger partial charge in [0, 0.05) is 29.5 Å². The van der Waals surface area contributed by atoms with E-state index in [0.717, 1.165) is 48.8 Å². The van der Waals surface area contributed by atoms with Crippen molar-refractivity contribution in [2.45, 2.75) is 46.0 Å². The van der Waals surface area contributed by atoms with E-state index in [0.29, 0.717) is 23.2 Å². The van der Waals surface area contributed by atoms with Crippen LogP contribution in [-0.2, 0) is 6.42 Å². The Labute approximate surface area is 165 Å². The number of carbonyl (C=O) groups excluding carboxylic acids is 2. The minimum atomic E-state index is -0.107. The molecule has 0 fully saturated rings. The number of unbranched alkanes of at least 4 members (excludes halogenated alkanes) is 2. The Bertz CT molecular complexity index is 954. The molecule has 0 unspecified atom stereocenters. The van der Waals surface area contributed by atoms with Gasteiger partial charge in [-0.25, -0.2) is 0 Å². The monoisotopic (exact) mass is 377 g/mol. The molecular weight excluding hydrogens is 350 g/mol. The predicted octanol–water partition coefficient (Wildman–Crippen LogP) is 5.54. The molecule has 0 atom stereocenters. The number of rotatable bonds is 9. The maximum absolute atomic E-state index is 13.2. The third-order valence-electron chi connectivity index (χ3n) is 4.88. The third-order valence-corrected chi connectivity index (χ3v) is 4.88. The van der Waals surface area contributed by atoms with Crippen molar-refractivity contribution in [3.8, 4) is 0 Å². The van der Waals surface area contributed by atoms with Crippen molar-refractivity contribution < 1.29 is 14.0 Å². The normalized spacial score (nSPS) is 10.9. The van der Waals surface area contributed by atoms with E-state index >= 15 is 0 Å². The first-order valence-corrected chi connectivity index (χ1v) is 10.1. The second kappa shape index (κ2) is 9.36. The molecule has 1 N–H and O–H groups in total. The van der Waals surface area contributed by atoms with Crippen molar-refractivity contribution in [1.29, 1.82) is 0 Å². The number of amides is 1. The van der Waals surface area contributed by atoms with Gasteiger partial charge in [0.25, 0.3) is 5.91 Å². The summed E-state index contributed by atoms with van der Waals surface area (Å²) in [5, 5.41) is 3.74. The SMILES string of the molecule is CCCCNC(=O)c1ccc(C(=O)c2c(CCCC)oc3ccccc23)cc1. The number of nitrogens with one attached hydrogen (secondary N) is 1. The minimum Gasteiger partial charge on any atom is -0.460 e. The molecule has 1 amide bonds. The Morgan fingerprint density at radius 1 is 0.893 bits per heavy atom. The van der Waals surface area contributed by atoms with E-state index in [9.17, 15) is 9.59 Å². The average molecular weight is 377 g/mol. The number of para-hydroxylation sites is 1. The molecule has 0 radical (unpaired) electrons. The molecule has 4 nitrogen and oxygen atoms in total. The van der Waals surface area contributed by atoms with Crippen molar-refractivity contribution in [3.05, 3.63) is 71.0 Å². The molecular formula is C24H27NO3. The van der Waals surface area contributed by atoms with E-state index in [-0.39, 0.29) is 11.7 Å². The third kappa shape index (κ3) is 4.33. The summed E-state index contributed by atoms with van der Waals surface area (Å²) in [7, 11) is 0. The lowest BCUT2D eigenvalue weighted by Crippen LogP contribution is -2.24. The summed E-state index contributed by atoms with van der Waals surface area (Å²) < 4.78 is 5.98. The van der Waals surface area contributed by atoms with Crippen LogP contribution in [0, 0.1) is 0 Å². The maximum atomic E-state index is 13.2. The fraction of sp³-hybridized carbons (Fsp3) is 0.333. The van der Waals surface area contributed by atoms with Crippen LogP contribution in [0.3, 0.4) is 0 Å². The highest BCUT2D eigenvalue weighted by molar-refractivity contribution is 6.17. The fourth-order valence-corrected chi connectivity index (χ4v) is 3.26. The topological polar surface area (TPSA) is 59.3 Å². The van der Waals surface area contributed by atoms with Crippen LogP contribution in [0.15, 0.2) is 52.9 Å². The van der Waals surface area contributed by atoms with Crippen molar-refractivity contribution in [3.63, 3.8) is 0 Å². The van der Waals surface area contributed by atoms with Crippen LogP contribution in [0.4, 0.5) is 0 Å². The molecule has 4 heteroatoms. The summed E-state index contributed by atoms with van der Waals surface area (Å²) in [4.78, 5) is 25.4. The summed E-state index contributed by atoms with van der Waals surface area (Å²) >= 11 is 0. The zero-order valence-electron chi connectivity index (χ0n) is 16.6. The summed E-state index contributed by atoms with van der Waals surface area (Å²) in [6.45, 7) is 4.87. The highest BCUT2D eigenvalue weighted by Gasteiger charge is 2.21. The van der Waals surface area contributed by atoms with Gasteiger partial charge >= 0.3 is 0 Å². The zero-order chi connectivity index (χ0) is 19.9. The van der Waals surface area contributed by atoms with Gasteiger partial charge < -0.3 is 9.73 Å². The lowest BCUT2D eigenvalue weighted by atomic mass is 9.97. The second-order valence-corrected chi connectivity index (χ2v) is 7.02. The molecule has 0 spiro atoms. The number of hydrogen-bond acceptors (Lipinski definition) is 3. The molecule has 0 aliphatic heterocycles. The Morgan fingerprint density at radius 3 is 2.29 bits per heavy atom. The summed E-state index contributed by atoms with van der Waals surface area (Å²) in [6, 6.07) is 14.5. The van der Waals surface area contributed by atoms with Crippen molar-refractivity contribution in [2.24, 2.45) is 0 Å². The quantitative estimate of drug-likeness (QED) is 0.394. The summed E-state index contributed by atoms with van der Waals surface area (Å²) in [5.41, 5.74) is 2.51. The Hall–Kier alpha value is -2.88. The molecule has 0 saturated heterocycles. The summed E-state index contributed by atoms with van der Waals surface area (Å²) in [6.07, 6.45) is 4.73. The van der Waals surface area contributed by atoms with E-state index in [1.807, 2.05) is 24.3 Å². The van der Waals surface area contributed by atoms with Crippen LogP contribution < -0.4 is 5.32 Å². The molecule has 3 rings (SSSR count). The largest absolute Gasteiger partial charge is 0.460 e. The van der Waals surface area contributed by atoms with E-state index in [2.05, 4.69) is 19.2 Å². The average Bonchev–Trinajstić information content (AvgIpc) is 3.10. The van der Waals surface area contributed by atoms with Gasteiger partial charge in [-0.05, 0) is 31.0 Å². The molecule has 0 aliphatic rings. The second-order valence-electron chi connectivity index (χ2n) is 7.02. The molecule has 28 heavy (non-hydrogen) atoms. The number of ketones is 1. The smallest absolute Gasteiger partial charge is 0.251 e. The molecule has 146 valence electrons. The van der Waals surface area contributed by atoms with Gasteiger partial charge in [0.15, 0.2) is 5.78 Å². The standard InChI is InChI=1S/C24H27NO3/c1-3-5-10-21-22(19-9-7-8-11-20(19)28-21)23(26)17-12-14-18(15-13-17)24(27)25-16-6-4-2/h7-9,11-15H,3-6,10,16H2,1-2H3,(H,25,27). The maximum Gasteiger partial charge on any atom is 0.251 e. The number of hydrogen-bond donors (Lipinski definition) is 1. The van der Waals surface area contributed by atoms with Crippen LogP contribution in [0.2, 0.25) is 0 Å². The van der Waals surface area contributed by atoms with Crippen molar-refractivity contribution in [1.82, 2.24) is 5.32 Å². The van der Waals surface area contributed by atoms with Gasteiger partial charge in [0.2, 0.25) is 0 Å². The first kappa shape index (κ1) is 19.9. The Kier molecular flexibility index (Phi) is 6.64. The van der Waals surface area contributed by atoms with Crippen LogP contribution in [0.5, 0.6) is 0 Å². The first-order chi connectivity index (χ1) is 13.7. The van der Waals surface area contributed by atoms with Gasteiger partial charge in [-0.15, -0.1) is 0 Å². The van der Waals surface area contributed by atoms with Gasteiger partial charge in [-0.2, -0.15) is 0 Å². The predicted molar refractivity (Wildman–Crippen MR) is 112 cm³/mol. The molecule has 2 aromatic carbocycles. The Morgan fingerprint density at radius 2 is 1.57 bits per heavy atom. The van der Waals surface area contributed by atoms with E-state index in [4.69, 9.17) is 4.42 Å².